The van der Waals surface area contributed by atoms with Crippen LogP contribution < -0.4 is 20.7 Å². The first kappa shape index (κ1) is 11.0. The van der Waals surface area contributed by atoms with Gasteiger partial charge in [-0.2, -0.15) is 9.97 Å². The van der Waals surface area contributed by atoms with Gasteiger partial charge in [-0.1, -0.05) is 5.92 Å². The number of nitrogens with two attached hydrogens (primary N) is 1. The van der Waals surface area contributed by atoms with Crippen molar-refractivity contribution in [3.05, 3.63) is 0 Å². The fraction of sp³-hybridized carbons (Fsp3) is 0.375. The quantitative estimate of drug-likeness (QED) is 0.386. The second-order valence-corrected chi connectivity index (χ2v) is 2.29. The Hall–Kier alpha value is -2.07. The first-order chi connectivity index (χ1) is 7.30. The van der Waals surface area contributed by atoms with Gasteiger partial charge < -0.3 is 9.47 Å². The van der Waals surface area contributed by atoms with E-state index in [0.29, 0.717) is 6.61 Å². The number of hydrogen-bond acceptors (Lipinski definition) is 7. The van der Waals surface area contributed by atoms with Crippen molar-refractivity contribution in [1.82, 2.24) is 15.0 Å². The number of rotatable bonds is 5. The summed E-state index contributed by atoms with van der Waals surface area (Å²) in [7, 11) is 0. The molecule has 3 N–H and O–H groups in total. The molecule has 1 heterocycles. The minimum Gasteiger partial charge on any atom is -0.464 e. The number of anilines is 1. The molecule has 0 unspecified atom stereocenters. The molecule has 1 aromatic rings. The molecule has 0 fully saturated rings. The fourth-order valence-corrected chi connectivity index (χ4v) is 0.767. The van der Waals surface area contributed by atoms with Gasteiger partial charge in [0.2, 0.25) is 5.95 Å². The van der Waals surface area contributed by atoms with Crippen molar-refractivity contribution < 1.29 is 9.47 Å². The molecule has 1 rings (SSSR count). The topological polar surface area (TPSA) is 95.2 Å². The summed E-state index contributed by atoms with van der Waals surface area (Å²) in [5.41, 5.74) is 2.27. The van der Waals surface area contributed by atoms with Gasteiger partial charge in [-0.05, 0) is 6.92 Å². The second kappa shape index (κ2) is 5.62. The Morgan fingerprint density at radius 3 is 2.53 bits per heavy atom. The van der Waals surface area contributed by atoms with E-state index in [2.05, 4.69) is 26.3 Å². The molecule has 1 aromatic heterocycles. The molecule has 0 saturated carbocycles. The Morgan fingerprint density at radius 1 is 1.33 bits per heavy atom. The maximum atomic E-state index is 5.16. The van der Waals surface area contributed by atoms with Gasteiger partial charge in [0.05, 0.1) is 6.61 Å². The van der Waals surface area contributed by atoms with Crippen LogP contribution in [0.5, 0.6) is 12.0 Å². The lowest BCUT2D eigenvalue weighted by Crippen LogP contribution is -2.13. The van der Waals surface area contributed by atoms with E-state index in [1.54, 1.807) is 6.92 Å². The van der Waals surface area contributed by atoms with E-state index in [0.717, 1.165) is 0 Å². The predicted molar refractivity (Wildman–Crippen MR) is 53.1 cm³/mol. The van der Waals surface area contributed by atoms with E-state index < -0.39 is 0 Å². The van der Waals surface area contributed by atoms with E-state index in [9.17, 15) is 0 Å². The number of nitrogen functional groups attached to an aromatic ring is 1. The largest absolute Gasteiger partial charge is 0.464 e. The number of nitrogens with one attached hydrogen (secondary N) is 1. The number of nitrogens with zero attached hydrogens (tertiary/aromatic N) is 3. The summed E-state index contributed by atoms with van der Waals surface area (Å²) < 4.78 is 10.1. The Balaban J connectivity index is 2.85. The number of terminal acetylenes is 1. The highest BCUT2D eigenvalue weighted by Crippen LogP contribution is 2.11. The Morgan fingerprint density at radius 2 is 2.00 bits per heavy atom. The first-order valence-electron chi connectivity index (χ1n) is 4.22. The molecule has 0 spiro atoms. The Bertz CT molecular complexity index is 363. The van der Waals surface area contributed by atoms with Crippen molar-refractivity contribution in [2.24, 2.45) is 5.84 Å². The van der Waals surface area contributed by atoms with Gasteiger partial charge in [-0.15, -0.1) is 11.4 Å². The zero-order valence-electron chi connectivity index (χ0n) is 8.23. The van der Waals surface area contributed by atoms with Crippen LogP contribution in [-0.4, -0.2) is 28.2 Å². The highest BCUT2D eigenvalue weighted by Gasteiger charge is 2.06. The van der Waals surface area contributed by atoms with E-state index in [-0.39, 0.29) is 24.6 Å². The summed E-state index contributed by atoms with van der Waals surface area (Å²) in [5, 5.41) is 0. The number of hydrazine groups is 1. The summed E-state index contributed by atoms with van der Waals surface area (Å²) >= 11 is 0. The van der Waals surface area contributed by atoms with Crippen LogP contribution in [-0.2, 0) is 0 Å². The molecule has 0 saturated heterocycles. The summed E-state index contributed by atoms with van der Waals surface area (Å²) in [6.45, 7) is 2.31. The predicted octanol–water partition coefficient (Wildman–Crippen LogP) is -0.432. The molecule has 0 aliphatic carbocycles. The van der Waals surface area contributed by atoms with Crippen molar-refractivity contribution >= 4 is 5.95 Å². The monoisotopic (exact) mass is 209 g/mol. The zero-order chi connectivity index (χ0) is 11.1. The van der Waals surface area contributed by atoms with Crippen LogP contribution in [0.1, 0.15) is 6.92 Å². The standard InChI is InChI=1S/C8H11N5O2/c1-3-5-15-8-11-6(13-9)10-7(12-8)14-4-2/h1H,4-5,9H2,2H3,(H,10,11,12,13). The molecule has 0 bridgehead atoms. The van der Waals surface area contributed by atoms with E-state index in [1.165, 1.54) is 0 Å². The SMILES string of the molecule is C#CCOc1nc(NN)nc(OCC)n1. The molecule has 0 aromatic carbocycles. The van der Waals surface area contributed by atoms with Gasteiger partial charge in [0.15, 0.2) is 6.61 Å². The molecule has 0 radical (unpaired) electrons. The van der Waals surface area contributed by atoms with Gasteiger partial charge in [0.1, 0.15) is 0 Å². The van der Waals surface area contributed by atoms with E-state index in [1.807, 2.05) is 0 Å². The minimum atomic E-state index is 0.0688. The lowest BCUT2D eigenvalue weighted by atomic mass is 10.7. The van der Waals surface area contributed by atoms with Crippen LogP contribution in [0.3, 0.4) is 0 Å². The third kappa shape index (κ3) is 3.28. The molecule has 7 heteroatoms. The second-order valence-electron chi connectivity index (χ2n) is 2.29. The summed E-state index contributed by atoms with van der Waals surface area (Å²) in [6.07, 6.45) is 5.03. The Kier molecular flexibility index (Phi) is 4.12. The molecule has 0 amide bonds. The number of hydrogen-bond donors (Lipinski definition) is 2. The number of ether oxygens (including phenoxy) is 2. The molecule has 7 nitrogen and oxygen atoms in total. The maximum Gasteiger partial charge on any atom is 0.325 e. The molecule has 80 valence electrons. The highest BCUT2D eigenvalue weighted by atomic mass is 16.5. The summed E-state index contributed by atoms with van der Waals surface area (Å²) in [5.74, 6) is 7.60. The van der Waals surface area contributed by atoms with Crippen molar-refractivity contribution in [3.63, 3.8) is 0 Å². The minimum absolute atomic E-state index is 0.0688. The van der Waals surface area contributed by atoms with Crippen LogP contribution in [0.2, 0.25) is 0 Å². The van der Waals surface area contributed by atoms with Crippen molar-refractivity contribution in [3.8, 4) is 24.4 Å². The van der Waals surface area contributed by atoms with Gasteiger partial charge in [0.25, 0.3) is 0 Å². The lowest BCUT2D eigenvalue weighted by Gasteiger charge is -2.05. The molecular weight excluding hydrogens is 198 g/mol. The van der Waals surface area contributed by atoms with E-state index >= 15 is 0 Å². The average molecular weight is 209 g/mol. The normalized spacial score (nSPS) is 9.13. The van der Waals surface area contributed by atoms with Gasteiger partial charge in [-0.3, -0.25) is 5.43 Å². The number of aromatic nitrogens is 3. The van der Waals surface area contributed by atoms with Crippen LogP contribution in [0, 0.1) is 12.3 Å². The average Bonchev–Trinajstić information content (AvgIpc) is 2.26. The smallest absolute Gasteiger partial charge is 0.325 e. The molecule has 0 atom stereocenters. The molecular formula is C8H11N5O2. The van der Waals surface area contributed by atoms with Crippen molar-refractivity contribution in [1.29, 1.82) is 0 Å². The first-order valence-corrected chi connectivity index (χ1v) is 4.22. The third-order valence-corrected chi connectivity index (χ3v) is 1.28. The summed E-state index contributed by atoms with van der Waals surface area (Å²) in [4.78, 5) is 11.5. The highest BCUT2D eigenvalue weighted by molar-refractivity contribution is 5.25. The Labute approximate surface area is 87.0 Å². The molecule has 0 aliphatic heterocycles. The lowest BCUT2D eigenvalue weighted by molar-refractivity contribution is 0.290. The van der Waals surface area contributed by atoms with E-state index in [4.69, 9.17) is 21.7 Å². The molecule has 0 aliphatic rings. The van der Waals surface area contributed by atoms with Crippen LogP contribution in [0.25, 0.3) is 0 Å². The van der Waals surface area contributed by atoms with Crippen LogP contribution >= 0.6 is 0 Å². The van der Waals surface area contributed by atoms with Crippen LogP contribution in [0.4, 0.5) is 5.95 Å². The summed E-state index contributed by atoms with van der Waals surface area (Å²) in [6, 6.07) is 0.201. The van der Waals surface area contributed by atoms with Crippen LogP contribution in [0.15, 0.2) is 0 Å². The third-order valence-electron chi connectivity index (χ3n) is 1.28. The fourth-order valence-electron chi connectivity index (χ4n) is 0.767. The zero-order valence-corrected chi connectivity index (χ0v) is 8.23. The van der Waals surface area contributed by atoms with Gasteiger partial charge in [0, 0.05) is 0 Å². The van der Waals surface area contributed by atoms with Crippen molar-refractivity contribution in [2.45, 2.75) is 6.92 Å². The maximum absolute atomic E-state index is 5.16. The van der Waals surface area contributed by atoms with Crippen molar-refractivity contribution in [2.75, 3.05) is 18.6 Å². The van der Waals surface area contributed by atoms with Gasteiger partial charge in [-0.25, -0.2) is 5.84 Å². The molecule has 15 heavy (non-hydrogen) atoms. The van der Waals surface area contributed by atoms with Gasteiger partial charge >= 0.3 is 12.0 Å².